The first-order chi connectivity index (χ1) is 19.2. The lowest BCUT2D eigenvalue weighted by Gasteiger charge is -2.34. The van der Waals surface area contributed by atoms with E-state index in [0.29, 0.717) is 31.1 Å². The van der Waals surface area contributed by atoms with Gasteiger partial charge in [0.1, 0.15) is 11.8 Å². The van der Waals surface area contributed by atoms with Gasteiger partial charge in [0.2, 0.25) is 0 Å². The molecule has 9 nitrogen and oxygen atoms in total. The van der Waals surface area contributed by atoms with Crippen molar-refractivity contribution in [1.29, 1.82) is 0 Å². The number of nitrogens with zero attached hydrogens (tertiary/aromatic N) is 5. The number of aromatic nitrogens is 5. The Morgan fingerprint density at radius 1 is 1.15 bits per heavy atom. The Bertz CT molecular complexity index is 1510. The van der Waals surface area contributed by atoms with Gasteiger partial charge in [-0.25, -0.2) is 4.68 Å². The molecule has 9 heteroatoms. The SMILES string of the molecule is CCOc1ccc(CN(C[C@@H]2CCCO2)[C@H](c2cc3c(C)ccc(C)c3[nH]c2=O)c2nnnn2C(C)(C)C)cc1. The van der Waals surface area contributed by atoms with Crippen molar-refractivity contribution in [2.75, 3.05) is 19.8 Å². The summed E-state index contributed by atoms with van der Waals surface area (Å²) in [6, 6.07) is 13.8. The van der Waals surface area contributed by atoms with Gasteiger partial charge in [-0.2, -0.15) is 0 Å². The summed E-state index contributed by atoms with van der Waals surface area (Å²) in [7, 11) is 0. The number of hydrogen-bond donors (Lipinski definition) is 1. The molecule has 1 aliphatic rings. The van der Waals surface area contributed by atoms with Crippen LogP contribution in [0.3, 0.4) is 0 Å². The minimum atomic E-state index is -0.502. The summed E-state index contributed by atoms with van der Waals surface area (Å²) >= 11 is 0. The van der Waals surface area contributed by atoms with Gasteiger partial charge in [-0.05, 0) is 99.7 Å². The van der Waals surface area contributed by atoms with Crippen molar-refractivity contribution in [1.82, 2.24) is 30.1 Å². The molecule has 0 radical (unpaired) electrons. The van der Waals surface area contributed by atoms with Crippen LogP contribution in [0.4, 0.5) is 0 Å². The zero-order valence-corrected chi connectivity index (χ0v) is 24.4. The van der Waals surface area contributed by atoms with E-state index >= 15 is 0 Å². The molecule has 0 bridgehead atoms. The maximum Gasteiger partial charge on any atom is 0.253 e. The van der Waals surface area contributed by atoms with Crippen molar-refractivity contribution in [2.45, 2.75) is 78.6 Å². The number of hydrogen-bond acceptors (Lipinski definition) is 7. The third kappa shape index (κ3) is 5.81. The second-order valence-corrected chi connectivity index (χ2v) is 11.7. The predicted molar refractivity (Wildman–Crippen MR) is 156 cm³/mol. The second kappa shape index (κ2) is 11.5. The van der Waals surface area contributed by atoms with Crippen molar-refractivity contribution in [3.63, 3.8) is 0 Å². The van der Waals surface area contributed by atoms with Gasteiger partial charge in [0.05, 0.1) is 23.8 Å². The van der Waals surface area contributed by atoms with Crippen LogP contribution in [0.2, 0.25) is 0 Å². The Labute approximate surface area is 235 Å². The molecule has 5 rings (SSSR count). The van der Waals surface area contributed by atoms with Crippen LogP contribution in [0.5, 0.6) is 5.75 Å². The van der Waals surface area contributed by atoms with Gasteiger partial charge in [0.15, 0.2) is 5.82 Å². The maximum atomic E-state index is 13.9. The van der Waals surface area contributed by atoms with Crippen LogP contribution in [0.15, 0.2) is 47.3 Å². The molecule has 1 fully saturated rings. The summed E-state index contributed by atoms with van der Waals surface area (Å²) in [5, 5.41) is 14.0. The Kier molecular flexibility index (Phi) is 8.05. The van der Waals surface area contributed by atoms with Crippen molar-refractivity contribution in [3.8, 4) is 5.75 Å². The molecule has 1 aliphatic heterocycles. The van der Waals surface area contributed by atoms with E-state index in [2.05, 4.69) is 71.3 Å². The smallest absolute Gasteiger partial charge is 0.253 e. The second-order valence-electron chi connectivity index (χ2n) is 11.7. The average molecular weight is 545 g/mol. The Morgan fingerprint density at radius 2 is 1.90 bits per heavy atom. The number of ether oxygens (including phenoxy) is 2. The van der Waals surface area contributed by atoms with Gasteiger partial charge in [-0.1, -0.05) is 24.3 Å². The van der Waals surface area contributed by atoms with Gasteiger partial charge in [-0.3, -0.25) is 9.69 Å². The lowest BCUT2D eigenvalue weighted by atomic mass is 9.98. The van der Waals surface area contributed by atoms with E-state index in [4.69, 9.17) is 9.47 Å². The monoisotopic (exact) mass is 544 g/mol. The van der Waals surface area contributed by atoms with Crippen molar-refractivity contribution >= 4 is 10.9 Å². The topological polar surface area (TPSA) is 98.2 Å². The lowest BCUT2D eigenvalue weighted by molar-refractivity contribution is 0.0564. The quantitative estimate of drug-likeness (QED) is 0.315. The van der Waals surface area contributed by atoms with Gasteiger partial charge < -0.3 is 14.5 Å². The molecule has 4 aromatic rings. The Morgan fingerprint density at radius 3 is 2.58 bits per heavy atom. The van der Waals surface area contributed by atoms with E-state index in [9.17, 15) is 4.79 Å². The zero-order chi connectivity index (χ0) is 28.4. The van der Waals surface area contributed by atoms with Gasteiger partial charge in [0.25, 0.3) is 5.56 Å². The largest absolute Gasteiger partial charge is 0.494 e. The molecule has 3 heterocycles. The number of nitrogens with one attached hydrogen (secondary N) is 1. The highest BCUT2D eigenvalue weighted by Crippen LogP contribution is 2.33. The average Bonchev–Trinajstić information content (AvgIpc) is 3.61. The first-order valence-corrected chi connectivity index (χ1v) is 14.1. The first-order valence-electron chi connectivity index (χ1n) is 14.1. The fraction of sp³-hybridized carbons (Fsp3) is 0.484. The van der Waals surface area contributed by atoms with Crippen LogP contribution in [-0.2, 0) is 16.8 Å². The number of tetrazole rings is 1. The summed E-state index contributed by atoms with van der Waals surface area (Å²) in [5.74, 6) is 1.47. The summed E-state index contributed by atoms with van der Waals surface area (Å²) in [6.45, 7) is 14.9. The minimum absolute atomic E-state index is 0.0627. The molecule has 0 amide bonds. The van der Waals surface area contributed by atoms with E-state index in [1.807, 2.05) is 42.8 Å². The Hall–Kier alpha value is -3.56. The number of benzene rings is 2. The van der Waals surface area contributed by atoms with Gasteiger partial charge in [0, 0.05) is 30.6 Å². The van der Waals surface area contributed by atoms with E-state index < -0.39 is 6.04 Å². The number of pyridine rings is 1. The van der Waals surface area contributed by atoms with E-state index in [-0.39, 0.29) is 17.2 Å². The molecular formula is C31H40N6O3. The molecule has 0 spiro atoms. The fourth-order valence-corrected chi connectivity index (χ4v) is 5.54. The summed E-state index contributed by atoms with van der Waals surface area (Å²) < 4.78 is 13.6. The number of fused-ring (bicyclic) bond motifs is 1. The molecule has 0 saturated carbocycles. The summed E-state index contributed by atoms with van der Waals surface area (Å²) in [4.78, 5) is 19.4. The van der Waals surface area contributed by atoms with E-state index in [1.165, 1.54) is 0 Å². The van der Waals surface area contributed by atoms with Crippen molar-refractivity contribution in [3.05, 3.63) is 80.9 Å². The third-order valence-corrected chi connectivity index (χ3v) is 7.59. The van der Waals surface area contributed by atoms with Crippen LogP contribution < -0.4 is 10.3 Å². The molecule has 2 atom stereocenters. The molecular weight excluding hydrogens is 504 g/mol. The highest BCUT2D eigenvalue weighted by molar-refractivity contribution is 5.85. The minimum Gasteiger partial charge on any atom is -0.494 e. The predicted octanol–water partition coefficient (Wildman–Crippen LogP) is 5.06. The number of aryl methyl sites for hydroxylation is 2. The highest BCUT2D eigenvalue weighted by atomic mass is 16.5. The molecule has 0 unspecified atom stereocenters. The molecule has 2 aromatic heterocycles. The number of aromatic amines is 1. The molecule has 1 N–H and O–H groups in total. The molecule has 40 heavy (non-hydrogen) atoms. The van der Waals surface area contributed by atoms with Crippen LogP contribution in [0.1, 0.15) is 74.7 Å². The van der Waals surface area contributed by atoms with Gasteiger partial charge >= 0.3 is 0 Å². The lowest BCUT2D eigenvalue weighted by Crippen LogP contribution is -2.40. The van der Waals surface area contributed by atoms with Gasteiger partial charge in [-0.15, -0.1) is 5.10 Å². The zero-order valence-electron chi connectivity index (χ0n) is 24.4. The van der Waals surface area contributed by atoms with Crippen molar-refractivity contribution in [2.24, 2.45) is 0 Å². The fourth-order valence-electron chi connectivity index (χ4n) is 5.54. The third-order valence-electron chi connectivity index (χ3n) is 7.59. The highest BCUT2D eigenvalue weighted by Gasteiger charge is 2.35. The van der Waals surface area contributed by atoms with Crippen LogP contribution in [0, 0.1) is 13.8 Å². The summed E-state index contributed by atoms with van der Waals surface area (Å²) in [5.41, 5.74) is 4.19. The number of H-pyrrole nitrogens is 1. The molecule has 1 saturated heterocycles. The standard InChI is InChI=1S/C31H40N6O3/c1-7-39-23-14-12-22(13-15-23)18-36(19-24-9-8-16-40-24)28(29-33-34-35-37(29)31(4,5)6)26-17-25-20(2)10-11-21(3)27(25)32-30(26)38/h10-15,17,24,28H,7-9,16,18-19H2,1-6H3,(H,32,38)/t24-,28+/m0/s1. The maximum absolute atomic E-state index is 13.9. The van der Waals surface area contributed by atoms with Crippen LogP contribution >= 0.6 is 0 Å². The number of rotatable bonds is 9. The van der Waals surface area contributed by atoms with Crippen LogP contribution in [0.25, 0.3) is 10.9 Å². The first kappa shape index (κ1) is 28.0. The van der Waals surface area contributed by atoms with Crippen LogP contribution in [-0.4, -0.2) is 56.0 Å². The van der Waals surface area contributed by atoms with E-state index in [1.54, 1.807) is 0 Å². The van der Waals surface area contributed by atoms with E-state index in [0.717, 1.165) is 52.8 Å². The summed E-state index contributed by atoms with van der Waals surface area (Å²) in [6.07, 6.45) is 2.07. The molecule has 0 aliphatic carbocycles. The van der Waals surface area contributed by atoms with Crippen molar-refractivity contribution < 1.29 is 9.47 Å². The Balaban J connectivity index is 1.68. The molecule has 212 valence electrons. The normalized spacial score (nSPS) is 16.6. The molecule has 2 aromatic carbocycles.